The van der Waals surface area contributed by atoms with Gasteiger partial charge in [0.15, 0.2) is 0 Å². The van der Waals surface area contributed by atoms with Crippen molar-refractivity contribution in [3.05, 3.63) is 0 Å². The molecule has 1 saturated heterocycles. The molecule has 2 aliphatic rings. The van der Waals surface area contributed by atoms with Gasteiger partial charge >= 0.3 is 0 Å². The van der Waals surface area contributed by atoms with Gasteiger partial charge in [0.25, 0.3) is 0 Å². The Morgan fingerprint density at radius 3 is 2.00 bits per heavy atom. The van der Waals surface area contributed by atoms with Gasteiger partial charge in [0.05, 0.1) is 0 Å². The van der Waals surface area contributed by atoms with Crippen molar-refractivity contribution < 1.29 is 4.79 Å². The molecule has 1 aliphatic carbocycles. The lowest BCUT2D eigenvalue weighted by Crippen LogP contribution is -2.36. The first kappa shape index (κ1) is 16.0. The van der Waals surface area contributed by atoms with Crippen molar-refractivity contribution in [2.75, 3.05) is 19.6 Å². The number of hydrogen-bond acceptors (Lipinski definition) is 2. The molecule has 1 saturated carbocycles. The predicted octanol–water partition coefficient (Wildman–Crippen LogP) is 4.57. The third-order valence-electron chi connectivity index (χ3n) is 5.11. The molecule has 2 fully saturated rings. The normalized spacial score (nSPS) is 28.6. The summed E-state index contributed by atoms with van der Waals surface area (Å²) in [5.41, 5.74) is 0. The van der Waals surface area contributed by atoms with Crippen LogP contribution < -0.4 is 0 Å². The number of Topliss-reactive ketones (excluding diaryl/α,β-unsaturated/α-hetero) is 1. The van der Waals surface area contributed by atoms with Crippen LogP contribution in [0.1, 0.15) is 83.5 Å². The fraction of sp³-hybridized carbons (Fsp3) is 0.944. The predicted molar refractivity (Wildman–Crippen MR) is 85.0 cm³/mol. The zero-order valence-corrected chi connectivity index (χ0v) is 13.2. The van der Waals surface area contributed by atoms with Crippen molar-refractivity contribution in [1.29, 1.82) is 0 Å². The van der Waals surface area contributed by atoms with E-state index in [1.165, 1.54) is 77.3 Å². The maximum atomic E-state index is 12.5. The summed E-state index contributed by atoms with van der Waals surface area (Å²) in [5, 5.41) is 0. The Balaban J connectivity index is 1.81. The largest absolute Gasteiger partial charge is 0.303 e. The van der Waals surface area contributed by atoms with Gasteiger partial charge in [-0.25, -0.2) is 0 Å². The maximum absolute atomic E-state index is 12.5. The summed E-state index contributed by atoms with van der Waals surface area (Å²) < 4.78 is 0. The Morgan fingerprint density at radius 1 is 0.750 bits per heavy atom. The first-order chi connectivity index (χ1) is 9.86. The lowest BCUT2D eigenvalue weighted by Gasteiger charge is -2.30. The number of carbonyl (C=O) groups excluding carboxylic acids is 1. The van der Waals surface area contributed by atoms with Crippen molar-refractivity contribution >= 4 is 5.78 Å². The van der Waals surface area contributed by atoms with E-state index >= 15 is 0 Å². The molecule has 116 valence electrons. The highest BCUT2D eigenvalue weighted by Crippen LogP contribution is 2.21. The van der Waals surface area contributed by atoms with E-state index in [9.17, 15) is 4.79 Å². The van der Waals surface area contributed by atoms with E-state index in [4.69, 9.17) is 0 Å². The van der Waals surface area contributed by atoms with Gasteiger partial charge in [-0.1, -0.05) is 51.4 Å². The molecule has 0 N–H and O–H groups in total. The highest BCUT2D eigenvalue weighted by atomic mass is 16.1. The van der Waals surface area contributed by atoms with Gasteiger partial charge < -0.3 is 4.90 Å². The second kappa shape index (κ2) is 9.55. The Labute approximate surface area is 125 Å². The van der Waals surface area contributed by atoms with Gasteiger partial charge in [0.1, 0.15) is 5.78 Å². The van der Waals surface area contributed by atoms with Crippen molar-refractivity contribution in [2.24, 2.45) is 5.92 Å². The van der Waals surface area contributed by atoms with Crippen molar-refractivity contribution in [3.63, 3.8) is 0 Å². The smallest absolute Gasteiger partial charge is 0.137 e. The van der Waals surface area contributed by atoms with Crippen LogP contribution in [0.4, 0.5) is 0 Å². The monoisotopic (exact) mass is 279 g/mol. The van der Waals surface area contributed by atoms with E-state index < -0.39 is 0 Å². The number of carbonyl (C=O) groups is 1. The molecule has 0 amide bonds. The minimum Gasteiger partial charge on any atom is -0.303 e. The Kier molecular flexibility index (Phi) is 7.64. The number of likely N-dealkylation sites (tertiary alicyclic amines) is 1. The molecule has 2 nitrogen and oxygen atoms in total. The van der Waals surface area contributed by atoms with E-state index in [2.05, 4.69) is 4.90 Å². The lowest BCUT2D eigenvalue weighted by atomic mass is 9.91. The summed E-state index contributed by atoms with van der Waals surface area (Å²) in [5.74, 6) is 0.906. The topological polar surface area (TPSA) is 20.3 Å². The van der Waals surface area contributed by atoms with E-state index in [-0.39, 0.29) is 0 Å². The lowest BCUT2D eigenvalue weighted by molar-refractivity contribution is -0.124. The van der Waals surface area contributed by atoms with E-state index in [1.807, 2.05) is 0 Å². The number of ketones is 1. The Morgan fingerprint density at radius 2 is 1.30 bits per heavy atom. The molecule has 0 aromatic heterocycles. The van der Waals surface area contributed by atoms with Crippen LogP contribution in [0.2, 0.25) is 0 Å². The number of nitrogens with zero attached hydrogens (tertiary/aromatic N) is 1. The molecular weight excluding hydrogens is 246 g/mol. The van der Waals surface area contributed by atoms with Crippen LogP contribution in [0.3, 0.4) is 0 Å². The zero-order chi connectivity index (χ0) is 14.0. The summed E-state index contributed by atoms with van der Waals surface area (Å²) in [6.07, 6.45) is 16.6. The SMILES string of the molecule is O=C1CCCCCCCCCC[C@@H]1CN1CCCCC1. The van der Waals surface area contributed by atoms with Crippen LogP contribution in [-0.2, 0) is 4.79 Å². The molecule has 1 heterocycles. The molecule has 0 aromatic carbocycles. The average molecular weight is 279 g/mol. The highest BCUT2D eigenvalue weighted by molar-refractivity contribution is 5.81. The van der Waals surface area contributed by atoms with Gasteiger partial charge in [-0.15, -0.1) is 0 Å². The molecule has 1 atom stereocenters. The first-order valence-corrected chi connectivity index (χ1v) is 9.11. The number of hydrogen-bond donors (Lipinski definition) is 0. The van der Waals surface area contributed by atoms with Crippen LogP contribution in [0.15, 0.2) is 0 Å². The fourth-order valence-electron chi connectivity index (χ4n) is 3.76. The van der Waals surface area contributed by atoms with Gasteiger partial charge in [0.2, 0.25) is 0 Å². The zero-order valence-electron chi connectivity index (χ0n) is 13.2. The van der Waals surface area contributed by atoms with E-state index in [1.54, 1.807) is 0 Å². The summed E-state index contributed by atoms with van der Waals surface area (Å²) in [7, 11) is 0. The van der Waals surface area contributed by atoms with Crippen LogP contribution in [0, 0.1) is 5.92 Å². The molecule has 2 rings (SSSR count). The molecule has 0 bridgehead atoms. The number of piperidine rings is 1. The molecule has 20 heavy (non-hydrogen) atoms. The molecule has 0 aromatic rings. The molecular formula is C18H33NO. The first-order valence-electron chi connectivity index (χ1n) is 9.11. The van der Waals surface area contributed by atoms with E-state index in [0.29, 0.717) is 11.7 Å². The highest BCUT2D eigenvalue weighted by Gasteiger charge is 2.22. The van der Waals surface area contributed by atoms with Gasteiger partial charge in [-0.3, -0.25) is 4.79 Å². The molecule has 1 aliphatic heterocycles. The molecule has 0 unspecified atom stereocenters. The fourth-order valence-corrected chi connectivity index (χ4v) is 3.76. The summed E-state index contributed by atoms with van der Waals surface area (Å²) in [4.78, 5) is 15.0. The summed E-state index contributed by atoms with van der Waals surface area (Å²) >= 11 is 0. The average Bonchev–Trinajstić information content (AvgIpc) is 2.47. The van der Waals surface area contributed by atoms with Gasteiger partial charge in [-0.05, 0) is 38.8 Å². The Hall–Kier alpha value is -0.370. The molecule has 2 heteroatoms. The minimum absolute atomic E-state index is 0.340. The molecule has 0 radical (unpaired) electrons. The number of rotatable bonds is 2. The summed E-state index contributed by atoms with van der Waals surface area (Å²) in [6.45, 7) is 3.51. The third kappa shape index (κ3) is 5.95. The maximum Gasteiger partial charge on any atom is 0.137 e. The second-order valence-electron chi connectivity index (χ2n) is 6.89. The van der Waals surface area contributed by atoms with Gasteiger partial charge in [-0.2, -0.15) is 0 Å². The van der Waals surface area contributed by atoms with Gasteiger partial charge in [0, 0.05) is 18.9 Å². The van der Waals surface area contributed by atoms with E-state index in [0.717, 1.165) is 25.8 Å². The van der Waals surface area contributed by atoms with Crippen LogP contribution in [-0.4, -0.2) is 30.3 Å². The summed E-state index contributed by atoms with van der Waals surface area (Å²) in [6, 6.07) is 0. The van der Waals surface area contributed by atoms with Crippen LogP contribution >= 0.6 is 0 Å². The quantitative estimate of drug-likeness (QED) is 0.738. The second-order valence-corrected chi connectivity index (χ2v) is 6.89. The molecule has 0 spiro atoms. The van der Waals surface area contributed by atoms with Crippen molar-refractivity contribution in [2.45, 2.75) is 83.5 Å². The standard InChI is InChI=1S/C18H33NO/c20-18-13-9-6-4-2-1-3-5-8-12-17(18)16-19-14-10-7-11-15-19/h17H,1-16H2/t17-/m1/s1. The van der Waals surface area contributed by atoms with Crippen LogP contribution in [0.25, 0.3) is 0 Å². The van der Waals surface area contributed by atoms with Crippen molar-refractivity contribution in [3.8, 4) is 0 Å². The third-order valence-corrected chi connectivity index (χ3v) is 5.11. The Bertz CT molecular complexity index is 271. The minimum atomic E-state index is 0.340. The van der Waals surface area contributed by atoms with Crippen LogP contribution in [0.5, 0.6) is 0 Å². The van der Waals surface area contributed by atoms with Crippen molar-refractivity contribution in [1.82, 2.24) is 4.90 Å².